The van der Waals surface area contributed by atoms with Crippen molar-refractivity contribution < 1.29 is 4.42 Å². The van der Waals surface area contributed by atoms with Gasteiger partial charge in [0.05, 0.1) is 0 Å². The minimum Gasteiger partial charge on any atom is -0.461 e. The van der Waals surface area contributed by atoms with Gasteiger partial charge in [0.15, 0.2) is 0 Å². The Hall–Kier alpha value is -2.84. The van der Waals surface area contributed by atoms with E-state index in [1.54, 1.807) is 0 Å². The quantitative estimate of drug-likeness (QED) is 0.297. The molecule has 0 saturated carbocycles. The van der Waals surface area contributed by atoms with Gasteiger partial charge in [0.1, 0.15) is 11.5 Å². The summed E-state index contributed by atoms with van der Waals surface area (Å²) in [5, 5.41) is 5.04. The van der Waals surface area contributed by atoms with Gasteiger partial charge in [-0.05, 0) is 89.5 Å². The smallest absolute Gasteiger partial charge is 0.134 e. The monoisotopic (exact) mass is 354 g/mol. The maximum atomic E-state index is 5.77. The van der Waals surface area contributed by atoms with E-state index in [1.807, 2.05) is 30.4 Å². The average Bonchev–Trinajstić information content (AvgIpc) is 3.27. The lowest BCUT2D eigenvalue weighted by atomic mass is 9.99. The lowest BCUT2D eigenvalue weighted by Crippen LogP contribution is -1.80. The number of benzene rings is 3. The predicted octanol–water partition coefficient (Wildman–Crippen LogP) is 7.60. The Balaban J connectivity index is 1.64. The van der Waals surface area contributed by atoms with Crippen LogP contribution in [0.5, 0.6) is 0 Å². The lowest BCUT2D eigenvalue weighted by molar-refractivity contribution is 0.548. The molecule has 2 heteroatoms. The number of hydrogen-bond donors (Lipinski definition) is 0. The Labute approximate surface area is 156 Å². The third-order valence-corrected chi connectivity index (χ3v) is 5.90. The molecule has 0 N–H and O–H groups in total. The van der Waals surface area contributed by atoms with Crippen LogP contribution in [0.2, 0.25) is 0 Å². The molecule has 2 aromatic heterocycles. The Morgan fingerprint density at radius 2 is 1.31 bits per heavy atom. The van der Waals surface area contributed by atoms with Gasteiger partial charge in [0.25, 0.3) is 0 Å². The molecule has 0 bridgehead atoms. The first-order valence-corrected chi connectivity index (χ1v) is 9.59. The summed E-state index contributed by atoms with van der Waals surface area (Å²) in [5.41, 5.74) is 2.41. The standard InChI is InChI=1S/C24H18OS/c1-15-3-9-23(25-15)19-7-5-17-12-22-14-20(24-10-4-16(2)26-24)8-6-18(22)11-21(17)13-19/h3-14H,1-2H3. The zero-order valence-corrected chi connectivity index (χ0v) is 15.6. The van der Waals surface area contributed by atoms with Gasteiger partial charge in [-0.25, -0.2) is 0 Å². The molecule has 0 fully saturated rings. The molecule has 0 amide bonds. The van der Waals surface area contributed by atoms with E-state index >= 15 is 0 Å². The van der Waals surface area contributed by atoms with Gasteiger partial charge in [0.2, 0.25) is 0 Å². The SMILES string of the molecule is Cc1ccc(-c2ccc3cc4cc(-c5ccc(C)s5)ccc4cc3c2)o1. The molecule has 0 unspecified atom stereocenters. The lowest BCUT2D eigenvalue weighted by Gasteiger charge is -2.06. The molecular weight excluding hydrogens is 336 g/mol. The fourth-order valence-corrected chi connectivity index (χ4v) is 4.35. The van der Waals surface area contributed by atoms with Crippen LogP contribution in [0.3, 0.4) is 0 Å². The van der Waals surface area contributed by atoms with Crippen LogP contribution in [0, 0.1) is 13.8 Å². The number of aryl methyl sites for hydroxylation is 2. The molecule has 0 radical (unpaired) electrons. The minimum absolute atomic E-state index is 0.924. The largest absolute Gasteiger partial charge is 0.461 e. The van der Waals surface area contributed by atoms with Crippen molar-refractivity contribution in [1.82, 2.24) is 0 Å². The van der Waals surface area contributed by atoms with E-state index in [-0.39, 0.29) is 0 Å². The molecule has 26 heavy (non-hydrogen) atoms. The van der Waals surface area contributed by atoms with Crippen molar-refractivity contribution >= 4 is 32.9 Å². The van der Waals surface area contributed by atoms with Crippen molar-refractivity contribution in [3.05, 3.63) is 83.4 Å². The zero-order chi connectivity index (χ0) is 17.7. The van der Waals surface area contributed by atoms with Crippen LogP contribution in [-0.4, -0.2) is 0 Å². The topological polar surface area (TPSA) is 13.1 Å². The van der Waals surface area contributed by atoms with Crippen molar-refractivity contribution in [1.29, 1.82) is 0 Å². The number of fused-ring (bicyclic) bond motifs is 2. The second-order valence-corrected chi connectivity index (χ2v) is 8.08. The molecular formula is C24H18OS. The molecule has 5 aromatic rings. The van der Waals surface area contributed by atoms with Crippen molar-refractivity contribution in [2.75, 3.05) is 0 Å². The average molecular weight is 354 g/mol. The molecule has 2 heterocycles. The summed E-state index contributed by atoms with van der Waals surface area (Å²) in [6.45, 7) is 4.13. The normalized spacial score (nSPS) is 11.5. The molecule has 126 valence electrons. The first kappa shape index (κ1) is 15.4. The molecule has 0 aliphatic heterocycles. The van der Waals surface area contributed by atoms with Gasteiger partial charge in [-0.15, -0.1) is 11.3 Å². The van der Waals surface area contributed by atoms with E-state index in [0.29, 0.717) is 0 Å². The first-order valence-electron chi connectivity index (χ1n) is 8.77. The number of rotatable bonds is 2. The second kappa shape index (κ2) is 5.86. The number of furan rings is 1. The predicted molar refractivity (Wildman–Crippen MR) is 112 cm³/mol. The van der Waals surface area contributed by atoms with Crippen LogP contribution in [0.25, 0.3) is 43.3 Å². The molecule has 0 spiro atoms. The number of hydrogen-bond acceptors (Lipinski definition) is 2. The van der Waals surface area contributed by atoms with Gasteiger partial charge in [-0.3, -0.25) is 0 Å². The van der Waals surface area contributed by atoms with Crippen LogP contribution >= 0.6 is 11.3 Å². The van der Waals surface area contributed by atoms with Crippen molar-refractivity contribution in [3.8, 4) is 21.8 Å². The maximum Gasteiger partial charge on any atom is 0.134 e. The Bertz CT molecular complexity index is 1160. The minimum atomic E-state index is 0.924. The zero-order valence-electron chi connectivity index (χ0n) is 14.7. The molecule has 0 saturated heterocycles. The van der Waals surface area contributed by atoms with Crippen LogP contribution in [-0.2, 0) is 0 Å². The van der Waals surface area contributed by atoms with Crippen LogP contribution in [0.15, 0.2) is 77.2 Å². The summed E-state index contributed by atoms with van der Waals surface area (Å²) in [4.78, 5) is 2.67. The Kier molecular flexibility index (Phi) is 3.47. The summed E-state index contributed by atoms with van der Waals surface area (Å²) in [5.74, 6) is 1.86. The second-order valence-electron chi connectivity index (χ2n) is 6.80. The van der Waals surface area contributed by atoms with E-state index in [2.05, 4.69) is 67.6 Å². The third-order valence-electron chi connectivity index (χ3n) is 4.85. The Morgan fingerprint density at radius 1 is 0.615 bits per heavy atom. The highest BCUT2D eigenvalue weighted by atomic mass is 32.1. The summed E-state index contributed by atoms with van der Waals surface area (Å²) >= 11 is 1.84. The van der Waals surface area contributed by atoms with Gasteiger partial charge in [-0.1, -0.05) is 24.3 Å². The van der Waals surface area contributed by atoms with Gasteiger partial charge in [-0.2, -0.15) is 0 Å². The van der Waals surface area contributed by atoms with E-state index in [4.69, 9.17) is 4.42 Å². The molecule has 0 atom stereocenters. The maximum absolute atomic E-state index is 5.77. The van der Waals surface area contributed by atoms with E-state index in [1.165, 1.54) is 36.9 Å². The molecule has 5 rings (SSSR count). The molecule has 0 aliphatic carbocycles. The Morgan fingerprint density at radius 3 is 1.92 bits per heavy atom. The summed E-state index contributed by atoms with van der Waals surface area (Å²) in [6.07, 6.45) is 0. The van der Waals surface area contributed by atoms with Crippen LogP contribution < -0.4 is 0 Å². The van der Waals surface area contributed by atoms with E-state index in [0.717, 1.165) is 17.1 Å². The van der Waals surface area contributed by atoms with Crippen LogP contribution in [0.1, 0.15) is 10.6 Å². The summed E-state index contributed by atoms with van der Waals surface area (Å²) < 4.78 is 5.77. The highest BCUT2D eigenvalue weighted by molar-refractivity contribution is 7.15. The van der Waals surface area contributed by atoms with Crippen molar-refractivity contribution in [2.45, 2.75) is 13.8 Å². The van der Waals surface area contributed by atoms with Gasteiger partial charge in [0, 0.05) is 15.3 Å². The summed E-state index contributed by atoms with van der Waals surface area (Å²) in [6, 6.07) is 26.3. The highest BCUT2D eigenvalue weighted by Gasteiger charge is 2.07. The fourth-order valence-electron chi connectivity index (χ4n) is 3.48. The fraction of sp³-hybridized carbons (Fsp3) is 0.0833. The molecule has 1 nitrogen and oxygen atoms in total. The van der Waals surface area contributed by atoms with Crippen molar-refractivity contribution in [2.24, 2.45) is 0 Å². The van der Waals surface area contributed by atoms with Gasteiger partial charge < -0.3 is 4.42 Å². The number of thiophene rings is 1. The molecule has 0 aliphatic rings. The highest BCUT2D eigenvalue weighted by Crippen LogP contribution is 2.33. The molecule has 3 aromatic carbocycles. The third kappa shape index (κ3) is 2.63. The van der Waals surface area contributed by atoms with E-state index in [9.17, 15) is 0 Å². The van der Waals surface area contributed by atoms with Crippen molar-refractivity contribution in [3.63, 3.8) is 0 Å². The van der Waals surface area contributed by atoms with E-state index < -0.39 is 0 Å². The summed E-state index contributed by atoms with van der Waals surface area (Å²) in [7, 11) is 0. The van der Waals surface area contributed by atoms with Gasteiger partial charge >= 0.3 is 0 Å². The van der Waals surface area contributed by atoms with Crippen LogP contribution in [0.4, 0.5) is 0 Å². The first-order chi connectivity index (χ1) is 12.7.